The lowest BCUT2D eigenvalue weighted by Gasteiger charge is -2.06. The highest BCUT2D eigenvalue weighted by atomic mass is 16.5. The van der Waals surface area contributed by atoms with Gasteiger partial charge in [-0.25, -0.2) is 0 Å². The first kappa shape index (κ1) is 10.0. The quantitative estimate of drug-likeness (QED) is 0.825. The number of rotatable bonds is 3. The summed E-state index contributed by atoms with van der Waals surface area (Å²) >= 11 is 0. The van der Waals surface area contributed by atoms with Gasteiger partial charge in [-0.1, -0.05) is 12.1 Å². The van der Waals surface area contributed by atoms with E-state index in [-0.39, 0.29) is 5.92 Å². The summed E-state index contributed by atoms with van der Waals surface area (Å²) in [5.74, 6) is 0.201. The minimum atomic E-state index is -0.713. The summed E-state index contributed by atoms with van der Waals surface area (Å²) in [6, 6.07) is 7.64. The van der Waals surface area contributed by atoms with Crippen molar-refractivity contribution < 1.29 is 14.6 Å². The van der Waals surface area contributed by atoms with Gasteiger partial charge in [-0.15, -0.1) is 0 Å². The van der Waals surface area contributed by atoms with Crippen molar-refractivity contribution >= 4 is 5.97 Å². The zero-order valence-electron chi connectivity index (χ0n) is 8.86. The van der Waals surface area contributed by atoms with Crippen LogP contribution in [0.2, 0.25) is 0 Å². The Bertz CT molecular complexity index is 400. The maximum absolute atomic E-state index is 11.0. The number of aliphatic carboxylic acids is 1. The molecule has 15 heavy (non-hydrogen) atoms. The Labute approximate surface area is 88.7 Å². The summed E-state index contributed by atoms with van der Waals surface area (Å²) in [5, 5.41) is 9.04. The Morgan fingerprint density at radius 2 is 2.33 bits per heavy atom. The van der Waals surface area contributed by atoms with Crippen molar-refractivity contribution in [2.24, 2.45) is 5.41 Å². The Hall–Kier alpha value is -1.51. The number of carboxylic acid groups (broad SMARTS) is 1. The Morgan fingerprint density at radius 1 is 1.60 bits per heavy atom. The summed E-state index contributed by atoms with van der Waals surface area (Å²) in [6.07, 6.45) is 0.718. The lowest BCUT2D eigenvalue weighted by Crippen LogP contribution is -2.12. The number of carboxylic acids is 1. The molecule has 0 aliphatic heterocycles. The SMILES string of the molecule is COc1cccc([C@@H]2C[C@@]2(C)C(=O)O)c1. The number of methoxy groups -OCH3 is 1. The highest BCUT2D eigenvalue weighted by Gasteiger charge is 2.57. The molecule has 2 atom stereocenters. The molecule has 0 unspecified atom stereocenters. The molecule has 1 saturated carbocycles. The smallest absolute Gasteiger partial charge is 0.309 e. The molecule has 2 rings (SSSR count). The van der Waals surface area contributed by atoms with Crippen LogP contribution in [0.1, 0.15) is 24.8 Å². The van der Waals surface area contributed by atoms with Crippen LogP contribution >= 0.6 is 0 Å². The lowest BCUT2D eigenvalue weighted by atomic mass is 10.0. The monoisotopic (exact) mass is 206 g/mol. The third kappa shape index (κ3) is 1.58. The second-order valence-electron chi connectivity index (χ2n) is 4.26. The van der Waals surface area contributed by atoms with Gasteiger partial charge in [0, 0.05) is 5.92 Å². The number of carbonyl (C=O) groups is 1. The predicted octanol–water partition coefficient (Wildman–Crippen LogP) is 2.27. The van der Waals surface area contributed by atoms with Gasteiger partial charge in [0.05, 0.1) is 12.5 Å². The van der Waals surface area contributed by atoms with Crippen LogP contribution in [0.3, 0.4) is 0 Å². The molecule has 80 valence electrons. The van der Waals surface area contributed by atoms with Gasteiger partial charge in [-0.3, -0.25) is 4.79 Å². The van der Waals surface area contributed by atoms with Crippen LogP contribution in [0.15, 0.2) is 24.3 Å². The number of hydrogen-bond donors (Lipinski definition) is 1. The standard InChI is InChI=1S/C12H14O3/c1-12(11(13)14)7-10(12)8-4-3-5-9(6-8)15-2/h3-6,10H,7H2,1-2H3,(H,13,14)/t10-,12+/m0/s1. The van der Waals surface area contributed by atoms with Crippen LogP contribution in [0.25, 0.3) is 0 Å². The van der Waals surface area contributed by atoms with E-state index in [0.717, 1.165) is 17.7 Å². The van der Waals surface area contributed by atoms with E-state index in [0.29, 0.717) is 0 Å². The molecular formula is C12H14O3. The van der Waals surface area contributed by atoms with Gasteiger partial charge < -0.3 is 9.84 Å². The molecule has 0 amide bonds. The molecule has 0 radical (unpaired) electrons. The summed E-state index contributed by atoms with van der Waals surface area (Å²) < 4.78 is 5.11. The molecule has 1 N–H and O–H groups in total. The summed E-state index contributed by atoms with van der Waals surface area (Å²) in [7, 11) is 1.61. The number of benzene rings is 1. The molecule has 0 spiro atoms. The third-order valence-corrected chi connectivity index (χ3v) is 3.22. The molecule has 1 aliphatic carbocycles. The van der Waals surface area contributed by atoms with E-state index in [1.54, 1.807) is 14.0 Å². The molecule has 1 aromatic carbocycles. The van der Waals surface area contributed by atoms with E-state index in [1.807, 2.05) is 24.3 Å². The first-order valence-corrected chi connectivity index (χ1v) is 4.95. The van der Waals surface area contributed by atoms with Gasteiger partial charge >= 0.3 is 5.97 Å². The minimum Gasteiger partial charge on any atom is -0.497 e. The van der Waals surface area contributed by atoms with E-state index in [1.165, 1.54) is 0 Å². The molecular weight excluding hydrogens is 192 g/mol. The molecule has 1 aromatic rings. The van der Waals surface area contributed by atoms with Gasteiger partial charge in [0.25, 0.3) is 0 Å². The van der Waals surface area contributed by atoms with Crippen LogP contribution < -0.4 is 4.74 Å². The van der Waals surface area contributed by atoms with Gasteiger partial charge in [0.2, 0.25) is 0 Å². The van der Waals surface area contributed by atoms with Crippen molar-refractivity contribution in [1.82, 2.24) is 0 Å². The molecule has 3 heteroatoms. The molecule has 0 saturated heterocycles. The van der Waals surface area contributed by atoms with Gasteiger partial charge in [0.1, 0.15) is 5.75 Å². The van der Waals surface area contributed by atoms with Crippen LogP contribution in [0, 0.1) is 5.41 Å². The molecule has 1 fully saturated rings. The van der Waals surface area contributed by atoms with Gasteiger partial charge in [0.15, 0.2) is 0 Å². The molecule has 0 heterocycles. The van der Waals surface area contributed by atoms with Gasteiger partial charge in [-0.2, -0.15) is 0 Å². The number of hydrogen-bond acceptors (Lipinski definition) is 2. The summed E-state index contributed by atoms with van der Waals surface area (Å²) in [4.78, 5) is 11.0. The summed E-state index contributed by atoms with van der Waals surface area (Å²) in [6.45, 7) is 1.79. The fourth-order valence-corrected chi connectivity index (χ4v) is 1.95. The van der Waals surface area contributed by atoms with Crippen molar-refractivity contribution in [3.05, 3.63) is 29.8 Å². The van der Waals surface area contributed by atoms with Gasteiger partial charge in [-0.05, 0) is 31.0 Å². The maximum atomic E-state index is 11.0. The Kier molecular flexibility index (Phi) is 2.18. The van der Waals surface area contributed by atoms with Crippen molar-refractivity contribution in [2.45, 2.75) is 19.3 Å². The molecule has 1 aliphatic rings. The normalized spacial score (nSPS) is 28.5. The average molecular weight is 206 g/mol. The van der Waals surface area contributed by atoms with Crippen molar-refractivity contribution in [3.63, 3.8) is 0 Å². The first-order chi connectivity index (χ1) is 7.08. The second kappa shape index (κ2) is 3.26. The fraction of sp³-hybridized carbons (Fsp3) is 0.417. The zero-order chi connectivity index (χ0) is 11.1. The topological polar surface area (TPSA) is 46.5 Å². The van der Waals surface area contributed by atoms with E-state index in [2.05, 4.69) is 0 Å². The van der Waals surface area contributed by atoms with Crippen molar-refractivity contribution in [3.8, 4) is 5.75 Å². The maximum Gasteiger partial charge on any atom is 0.309 e. The molecule has 3 nitrogen and oxygen atoms in total. The third-order valence-electron chi connectivity index (χ3n) is 3.22. The van der Waals surface area contributed by atoms with Crippen LogP contribution in [-0.4, -0.2) is 18.2 Å². The fourth-order valence-electron chi connectivity index (χ4n) is 1.95. The molecule has 0 aromatic heterocycles. The van der Waals surface area contributed by atoms with Crippen LogP contribution in [0.5, 0.6) is 5.75 Å². The van der Waals surface area contributed by atoms with Crippen molar-refractivity contribution in [1.29, 1.82) is 0 Å². The summed E-state index contributed by atoms with van der Waals surface area (Å²) in [5.41, 5.74) is 0.478. The first-order valence-electron chi connectivity index (χ1n) is 4.95. The largest absolute Gasteiger partial charge is 0.497 e. The second-order valence-corrected chi connectivity index (χ2v) is 4.26. The van der Waals surface area contributed by atoms with E-state index < -0.39 is 11.4 Å². The van der Waals surface area contributed by atoms with Crippen LogP contribution in [-0.2, 0) is 4.79 Å². The average Bonchev–Trinajstić information content (AvgIpc) is 2.93. The lowest BCUT2D eigenvalue weighted by molar-refractivity contribution is -0.142. The highest BCUT2D eigenvalue weighted by molar-refractivity contribution is 5.80. The van der Waals surface area contributed by atoms with E-state index >= 15 is 0 Å². The zero-order valence-corrected chi connectivity index (χ0v) is 8.86. The molecule has 0 bridgehead atoms. The minimum absolute atomic E-state index is 0.130. The van der Waals surface area contributed by atoms with Crippen molar-refractivity contribution in [2.75, 3.05) is 7.11 Å². The Balaban J connectivity index is 2.23. The predicted molar refractivity (Wildman–Crippen MR) is 56.1 cm³/mol. The van der Waals surface area contributed by atoms with E-state index in [4.69, 9.17) is 9.84 Å². The highest BCUT2D eigenvalue weighted by Crippen LogP contribution is 2.59. The van der Waals surface area contributed by atoms with E-state index in [9.17, 15) is 4.79 Å². The Morgan fingerprint density at radius 3 is 2.87 bits per heavy atom. The number of ether oxygens (including phenoxy) is 1. The van der Waals surface area contributed by atoms with Crippen LogP contribution in [0.4, 0.5) is 0 Å².